The van der Waals surface area contributed by atoms with Crippen molar-refractivity contribution in [1.82, 2.24) is 15.2 Å². The van der Waals surface area contributed by atoms with Crippen LogP contribution in [0.4, 0.5) is 0 Å². The molecule has 1 aromatic carbocycles. The van der Waals surface area contributed by atoms with E-state index in [1.54, 1.807) is 17.4 Å². The molecule has 3 heterocycles. The van der Waals surface area contributed by atoms with E-state index in [4.69, 9.17) is 4.98 Å². The summed E-state index contributed by atoms with van der Waals surface area (Å²) in [7, 11) is 0. The van der Waals surface area contributed by atoms with Crippen molar-refractivity contribution >= 4 is 44.7 Å². The summed E-state index contributed by atoms with van der Waals surface area (Å²) < 4.78 is 1.16. The van der Waals surface area contributed by atoms with Crippen LogP contribution in [0.1, 0.15) is 47.1 Å². The molecule has 0 spiro atoms. The number of likely N-dealkylation sites (tertiary alicyclic amines) is 1. The minimum atomic E-state index is -0.120. The van der Waals surface area contributed by atoms with Crippen LogP contribution < -0.4 is 5.32 Å². The average Bonchev–Trinajstić information content (AvgIpc) is 3.37. The molecule has 0 saturated carbocycles. The molecule has 3 aromatic rings. The number of thiophene rings is 1. The first-order valence-corrected chi connectivity index (χ1v) is 10.9. The zero-order valence-electron chi connectivity index (χ0n) is 14.9. The van der Waals surface area contributed by atoms with E-state index in [9.17, 15) is 9.59 Å². The van der Waals surface area contributed by atoms with Crippen LogP contribution in [-0.4, -0.2) is 34.8 Å². The number of piperidine rings is 1. The van der Waals surface area contributed by atoms with Crippen molar-refractivity contribution in [1.29, 1.82) is 0 Å². The SMILES string of the molecule is O=C(NCCC(=O)N1CCCCC1c1nc2ccccc2s1)c1ccsc1. The average molecular weight is 400 g/mol. The fraction of sp³-hybridized carbons (Fsp3) is 0.350. The summed E-state index contributed by atoms with van der Waals surface area (Å²) in [5.74, 6) is -0.0324. The summed E-state index contributed by atoms with van der Waals surface area (Å²) in [5, 5.41) is 7.54. The van der Waals surface area contributed by atoms with Crippen LogP contribution >= 0.6 is 22.7 Å². The minimum absolute atomic E-state index is 0.0521. The Hall–Kier alpha value is -2.25. The Kier molecular flexibility index (Phi) is 5.50. The van der Waals surface area contributed by atoms with Crippen LogP contribution in [0.5, 0.6) is 0 Å². The second-order valence-corrected chi connectivity index (χ2v) is 8.48. The lowest BCUT2D eigenvalue weighted by molar-refractivity contribution is -0.134. The Morgan fingerprint density at radius 3 is 2.93 bits per heavy atom. The molecule has 7 heteroatoms. The summed E-state index contributed by atoms with van der Waals surface area (Å²) in [6, 6.07) is 9.94. The van der Waals surface area contributed by atoms with Gasteiger partial charge in [-0.25, -0.2) is 4.98 Å². The van der Waals surface area contributed by atoms with Gasteiger partial charge < -0.3 is 10.2 Å². The number of carbonyl (C=O) groups excluding carboxylic acids is 2. The number of fused-ring (bicyclic) bond motifs is 1. The van der Waals surface area contributed by atoms with E-state index >= 15 is 0 Å². The number of benzene rings is 1. The standard InChI is InChI=1S/C20H21N3O2S2/c24-18(8-10-21-19(25)14-9-12-26-13-14)23-11-4-3-6-16(23)20-22-15-5-1-2-7-17(15)27-20/h1-2,5,7,9,12-13,16H,3-4,6,8,10-11H2,(H,21,25). The lowest BCUT2D eigenvalue weighted by Crippen LogP contribution is -2.40. The van der Waals surface area contributed by atoms with Crippen molar-refractivity contribution < 1.29 is 9.59 Å². The van der Waals surface area contributed by atoms with E-state index in [-0.39, 0.29) is 17.9 Å². The first-order chi connectivity index (χ1) is 13.2. The number of amides is 2. The van der Waals surface area contributed by atoms with E-state index in [1.165, 1.54) is 11.3 Å². The molecule has 1 atom stereocenters. The van der Waals surface area contributed by atoms with Gasteiger partial charge in [0.05, 0.1) is 16.3 Å². The van der Waals surface area contributed by atoms with E-state index in [0.717, 1.165) is 41.0 Å². The highest BCUT2D eigenvalue weighted by molar-refractivity contribution is 7.18. The monoisotopic (exact) mass is 399 g/mol. The van der Waals surface area contributed by atoms with Crippen molar-refractivity contribution in [2.45, 2.75) is 31.7 Å². The molecule has 1 N–H and O–H groups in total. The van der Waals surface area contributed by atoms with Gasteiger partial charge in [0.1, 0.15) is 5.01 Å². The summed E-state index contributed by atoms with van der Waals surface area (Å²) in [5.41, 5.74) is 1.65. The maximum atomic E-state index is 12.8. The van der Waals surface area contributed by atoms with Crippen LogP contribution in [-0.2, 0) is 4.79 Å². The number of nitrogens with one attached hydrogen (secondary N) is 1. The maximum absolute atomic E-state index is 12.8. The van der Waals surface area contributed by atoms with Crippen LogP contribution in [0.15, 0.2) is 41.1 Å². The van der Waals surface area contributed by atoms with Crippen molar-refractivity contribution in [3.05, 3.63) is 51.7 Å². The summed E-state index contributed by atoms with van der Waals surface area (Å²) in [6.07, 6.45) is 3.40. The number of rotatable bonds is 5. The summed E-state index contributed by atoms with van der Waals surface area (Å²) >= 11 is 3.17. The minimum Gasteiger partial charge on any atom is -0.351 e. The van der Waals surface area contributed by atoms with Gasteiger partial charge in [0.25, 0.3) is 5.91 Å². The molecule has 0 radical (unpaired) electrons. The van der Waals surface area contributed by atoms with Gasteiger partial charge in [-0.1, -0.05) is 12.1 Å². The van der Waals surface area contributed by atoms with Crippen molar-refractivity contribution in [3.63, 3.8) is 0 Å². The number of thiazole rings is 1. The summed E-state index contributed by atoms with van der Waals surface area (Å²) in [6.45, 7) is 1.12. The number of aromatic nitrogens is 1. The highest BCUT2D eigenvalue weighted by Crippen LogP contribution is 2.35. The second-order valence-electron chi connectivity index (χ2n) is 6.64. The smallest absolute Gasteiger partial charge is 0.252 e. The number of nitrogens with zero attached hydrogens (tertiary/aromatic N) is 2. The molecular weight excluding hydrogens is 378 g/mol. The van der Waals surface area contributed by atoms with Crippen molar-refractivity contribution in [2.24, 2.45) is 0 Å². The molecular formula is C20H21N3O2S2. The molecule has 1 aliphatic heterocycles. The normalized spacial score (nSPS) is 17.2. The highest BCUT2D eigenvalue weighted by Gasteiger charge is 2.30. The van der Waals surface area contributed by atoms with Gasteiger partial charge in [-0.15, -0.1) is 11.3 Å². The lowest BCUT2D eigenvalue weighted by atomic mass is 10.0. The molecule has 0 aliphatic carbocycles. The first kappa shape index (κ1) is 18.1. The van der Waals surface area contributed by atoms with Gasteiger partial charge in [0, 0.05) is 30.5 Å². The molecule has 1 saturated heterocycles. The third kappa shape index (κ3) is 4.04. The van der Waals surface area contributed by atoms with Gasteiger partial charge >= 0.3 is 0 Å². The van der Waals surface area contributed by atoms with Crippen molar-refractivity contribution in [3.8, 4) is 0 Å². The summed E-state index contributed by atoms with van der Waals surface area (Å²) in [4.78, 5) is 31.6. The molecule has 27 heavy (non-hydrogen) atoms. The fourth-order valence-electron chi connectivity index (χ4n) is 3.44. The molecule has 5 nitrogen and oxygen atoms in total. The van der Waals surface area contributed by atoms with E-state index in [1.807, 2.05) is 33.9 Å². The van der Waals surface area contributed by atoms with Crippen LogP contribution in [0.3, 0.4) is 0 Å². The lowest BCUT2D eigenvalue weighted by Gasteiger charge is -2.34. The number of para-hydroxylation sites is 1. The molecule has 0 bridgehead atoms. The molecule has 2 amide bonds. The zero-order chi connectivity index (χ0) is 18.6. The third-order valence-corrected chi connectivity index (χ3v) is 6.65. The van der Waals surface area contributed by atoms with Gasteiger partial charge in [0.2, 0.25) is 5.91 Å². The largest absolute Gasteiger partial charge is 0.351 e. The Bertz CT molecular complexity index is 903. The number of hydrogen-bond donors (Lipinski definition) is 1. The molecule has 1 aliphatic rings. The van der Waals surface area contributed by atoms with E-state index in [2.05, 4.69) is 11.4 Å². The van der Waals surface area contributed by atoms with Crippen LogP contribution in [0.2, 0.25) is 0 Å². The van der Waals surface area contributed by atoms with Gasteiger partial charge in [-0.2, -0.15) is 11.3 Å². The molecule has 1 fully saturated rings. The topological polar surface area (TPSA) is 62.3 Å². The molecule has 1 unspecified atom stereocenters. The molecule has 2 aromatic heterocycles. The Balaban J connectivity index is 1.40. The molecule has 4 rings (SSSR count). The second kappa shape index (κ2) is 8.19. The molecule has 140 valence electrons. The number of carbonyl (C=O) groups is 2. The Morgan fingerprint density at radius 2 is 2.11 bits per heavy atom. The predicted molar refractivity (Wildman–Crippen MR) is 109 cm³/mol. The first-order valence-electron chi connectivity index (χ1n) is 9.18. The van der Waals surface area contributed by atoms with Crippen molar-refractivity contribution in [2.75, 3.05) is 13.1 Å². The fourth-order valence-corrected chi connectivity index (χ4v) is 5.19. The van der Waals surface area contributed by atoms with Crippen LogP contribution in [0.25, 0.3) is 10.2 Å². The Morgan fingerprint density at radius 1 is 1.22 bits per heavy atom. The van der Waals surface area contributed by atoms with Gasteiger partial charge in [-0.3, -0.25) is 9.59 Å². The van der Waals surface area contributed by atoms with E-state index in [0.29, 0.717) is 18.5 Å². The maximum Gasteiger partial charge on any atom is 0.252 e. The zero-order valence-corrected chi connectivity index (χ0v) is 16.5. The number of hydrogen-bond acceptors (Lipinski definition) is 5. The highest BCUT2D eigenvalue weighted by atomic mass is 32.1. The van der Waals surface area contributed by atoms with Gasteiger partial charge in [-0.05, 0) is 42.8 Å². The van der Waals surface area contributed by atoms with Gasteiger partial charge in [0.15, 0.2) is 0 Å². The quantitative estimate of drug-likeness (QED) is 0.698. The Labute approximate surface area is 166 Å². The van der Waals surface area contributed by atoms with Crippen LogP contribution in [0, 0.1) is 0 Å². The third-order valence-electron chi connectivity index (χ3n) is 4.83. The predicted octanol–water partition coefficient (Wildman–Crippen LogP) is 4.23. The van der Waals surface area contributed by atoms with E-state index < -0.39 is 0 Å².